The average molecular weight is 284 g/mol. The van der Waals surface area contributed by atoms with Gasteiger partial charge in [-0.3, -0.25) is 4.90 Å². The molecule has 1 amide bonds. The second-order valence-electron chi connectivity index (χ2n) is 5.64. The summed E-state index contributed by atoms with van der Waals surface area (Å²) in [6.45, 7) is 5.89. The number of hydrogen-bond donors (Lipinski definition) is 1. The number of hydrogen-bond acceptors (Lipinski definition) is 3. The summed E-state index contributed by atoms with van der Waals surface area (Å²) in [5.74, 6) is 0. The Morgan fingerprint density at radius 2 is 2.16 bits per heavy atom. The van der Waals surface area contributed by atoms with Gasteiger partial charge in [0.15, 0.2) is 0 Å². The number of carbonyl (C=O) groups excluding carboxylic acids is 1. The van der Waals surface area contributed by atoms with Gasteiger partial charge in [0, 0.05) is 17.1 Å². The lowest BCUT2D eigenvalue weighted by Crippen LogP contribution is -2.40. The van der Waals surface area contributed by atoms with Gasteiger partial charge in [0.1, 0.15) is 5.60 Å². The molecule has 1 aromatic carbocycles. The van der Waals surface area contributed by atoms with E-state index in [0.717, 1.165) is 0 Å². The molecule has 5 heteroatoms. The number of aliphatic hydroxyl groups excluding tert-OH is 1. The van der Waals surface area contributed by atoms with Crippen molar-refractivity contribution in [2.45, 2.75) is 38.9 Å². The molecule has 0 saturated carbocycles. The van der Waals surface area contributed by atoms with E-state index in [0.29, 0.717) is 29.2 Å². The zero-order valence-electron chi connectivity index (χ0n) is 11.3. The van der Waals surface area contributed by atoms with E-state index in [1.807, 2.05) is 20.8 Å². The molecule has 1 atom stereocenters. The van der Waals surface area contributed by atoms with Crippen molar-refractivity contribution in [3.63, 3.8) is 0 Å². The highest BCUT2D eigenvalue weighted by atomic mass is 35.5. The summed E-state index contributed by atoms with van der Waals surface area (Å²) in [5.41, 5.74) is 0.785. The fourth-order valence-electron chi connectivity index (χ4n) is 2.07. The van der Waals surface area contributed by atoms with Crippen LogP contribution in [0.3, 0.4) is 0 Å². The van der Waals surface area contributed by atoms with Crippen LogP contribution in [0, 0.1) is 0 Å². The Hall–Kier alpha value is -1.26. The van der Waals surface area contributed by atoms with Gasteiger partial charge in [-0.05, 0) is 39.3 Å². The summed E-state index contributed by atoms with van der Waals surface area (Å²) in [4.78, 5) is 13.7. The molecule has 1 unspecified atom stereocenters. The third-order valence-corrected chi connectivity index (χ3v) is 3.12. The quantitative estimate of drug-likeness (QED) is 0.792. The number of halogens is 1. The van der Waals surface area contributed by atoms with Crippen molar-refractivity contribution in [1.82, 2.24) is 0 Å². The Morgan fingerprint density at radius 3 is 2.79 bits per heavy atom. The molecule has 1 aliphatic rings. The van der Waals surface area contributed by atoms with Crippen LogP contribution in [-0.4, -0.2) is 23.3 Å². The minimum atomic E-state index is -0.564. The van der Waals surface area contributed by atoms with E-state index >= 15 is 0 Å². The minimum Gasteiger partial charge on any atom is -0.443 e. The first-order valence-corrected chi connectivity index (χ1v) is 6.64. The number of benzene rings is 1. The fraction of sp³-hybridized carbons (Fsp3) is 0.500. The van der Waals surface area contributed by atoms with Crippen molar-refractivity contribution in [3.8, 4) is 0 Å². The maximum Gasteiger partial charge on any atom is 0.414 e. The monoisotopic (exact) mass is 283 g/mol. The van der Waals surface area contributed by atoms with Crippen LogP contribution < -0.4 is 4.90 Å². The molecule has 0 saturated heterocycles. The van der Waals surface area contributed by atoms with Crippen LogP contribution in [0.4, 0.5) is 10.5 Å². The SMILES string of the molecule is CC(C)(C)OC(=O)N1CCC(O)c2ccc(Cl)cc21. The van der Waals surface area contributed by atoms with Gasteiger partial charge in [-0.1, -0.05) is 17.7 Å². The Bertz CT molecular complexity index is 496. The lowest BCUT2D eigenvalue weighted by atomic mass is 9.99. The Kier molecular flexibility index (Phi) is 3.74. The molecular weight excluding hydrogens is 266 g/mol. The van der Waals surface area contributed by atoms with E-state index in [2.05, 4.69) is 0 Å². The van der Waals surface area contributed by atoms with Crippen LogP contribution in [0.15, 0.2) is 18.2 Å². The van der Waals surface area contributed by atoms with Crippen LogP contribution in [0.1, 0.15) is 38.9 Å². The van der Waals surface area contributed by atoms with Gasteiger partial charge < -0.3 is 9.84 Å². The van der Waals surface area contributed by atoms with Crippen molar-refractivity contribution in [2.75, 3.05) is 11.4 Å². The van der Waals surface area contributed by atoms with E-state index in [-0.39, 0.29) is 0 Å². The first-order valence-electron chi connectivity index (χ1n) is 6.26. The Balaban J connectivity index is 2.32. The maximum atomic E-state index is 12.2. The molecule has 1 aliphatic heterocycles. The third kappa shape index (κ3) is 3.19. The Morgan fingerprint density at radius 1 is 1.47 bits per heavy atom. The summed E-state index contributed by atoms with van der Waals surface area (Å²) in [6.07, 6.45) is -0.484. The van der Waals surface area contributed by atoms with Crippen molar-refractivity contribution < 1.29 is 14.6 Å². The zero-order valence-corrected chi connectivity index (χ0v) is 12.1. The van der Waals surface area contributed by atoms with E-state index in [4.69, 9.17) is 16.3 Å². The van der Waals surface area contributed by atoms with Gasteiger partial charge in [0.25, 0.3) is 0 Å². The first-order chi connectivity index (χ1) is 8.78. The van der Waals surface area contributed by atoms with Gasteiger partial charge in [0.05, 0.1) is 11.8 Å². The molecule has 1 N–H and O–H groups in total. The topological polar surface area (TPSA) is 49.8 Å². The number of amides is 1. The van der Waals surface area contributed by atoms with E-state index in [9.17, 15) is 9.90 Å². The number of ether oxygens (including phenoxy) is 1. The standard InChI is InChI=1S/C14H18ClNO3/c1-14(2,3)19-13(18)16-7-6-12(17)10-5-4-9(15)8-11(10)16/h4-5,8,12,17H,6-7H2,1-3H3. The second kappa shape index (κ2) is 5.02. The number of anilines is 1. The van der Waals surface area contributed by atoms with E-state index < -0.39 is 17.8 Å². The molecule has 0 bridgehead atoms. The van der Waals surface area contributed by atoms with Crippen LogP contribution in [0.5, 0.6) is 0 Å². The van der Waals surface area contributed by atoms with Crippen LogP contribution >= 0.6 is 11.6 Å². The number of rotatable bonds is 0. The molecule has 0 radical (unpaired) electrons. The molecule has 1 aromatic rings. The predicted molar refractivity (Wildman–Crippen MR) is 74.6 cm³/mol. The minimum absolute atomic E-state index is 0.414. The molecule has 2 rings (SSSR count). The average Bonchev–Trinajstić information content (AvgIpc) is 2.26. The zero-order chi connectivity index (χ0) is 14.2. The highest BCUT2D eigenvalue weighted by Crippen LogP contribution is 2.36. The summed E-state index contributed by atoms with van der Waals surface area (Å²) in [5, 5.41) is 10.5. The van der Waals surface area contributed by atoms with Crippen molar-refractivity contribution in [3.05, 3.63) is 28.8 Å². The molecule has 4 nitrogen and oxygen atoms in total. The summed E-state index contributed by atoms with van der Waals surface area (Å²) >= 11 is 5.97. The normalized spacial score (nSPS) is 19.0. The molecule has 104 valence electrons. The van der Waals surface area contributed by atoms with E-state index in [1.54, 1.807) is 18.2 Å². The van der Waals surface area contributed by atoms with Crippen LogP contribution in [0.2, 0.25) is 5.02 Å². The number of carbonyl (C=O) groups is 1. The Labute approximate surface area is 117 Å². The van der Waals surface area contributed by atoms with Gasteiger partial charge >= 0.3 is 6.09 Å². The van der Waals surface area contributed by atoms with Crippen molar-refractivity contribution in [1.29, 1.82) is 0 Å². The fourth-order valence-corrected chi connectivity index (χ4v) is 2.23. The highest BCUT2D eigenvalue weighted by Gasteiger charge is 2.30. The first kappa shape index (κ1) is 14.2. The van der Waals surface area contributed by atoms with Gasteiger partial charge in [-0.15, -0.1) is 0 Å². The summed E-state index contributed by atoms with van der Waals surface area (Å²) in [7, 11) is 0. The van der Waals surface area contributed by atoms with Gasteiger partial charge in [-0.2, -0.15) is 0 Å². The predicted octanol–water partition coefficient (Wildman–Crippen LogP) is 3.52. The molecular formula is C14H18ClNO3. The molecule has 0 aliphatic carbocycles. The molecule has 0 fully saturated rings. The number of nitrogens with zero attached hydrogens (tertiary/aromatic N) is 1. The lowest BCUT2D eigenvalue weighted by molar-refractivity contribution is 0.0565. The van der Waals surface area contributed by atoms with Crippen LogP contribution in [-0.2, 0) is 4.74 Å². The summed E-state index contributed by atoms with van der Waals surface area (Å²) in [6, 6.07) is 5.14. The smallest absolute Gasteiger partial charge is 0.414 e. The van der Waals surface area contributed by atoms with E-state index in [1.165, 1.54) is 4.90 Å². The highest BCUT2D eigenvalue weighted by molar-refractivity contribution is 6.31. The third-order valence-electron chi connectivity index (χ3n) is 2.88. The molecule has 19 heavy (non-hydrogen) atoms. The maximum absolute atomic E-state index is 12.2. The molecule has 0 aromatic heterocycles. The van der Waals surface area contributed by atoms with Crippen molar-refractivity contribution in [2.24, 2.45) is 0 Å². The lowest BCUT2D eigenvalue weighted by Gasteiger charge is -2.33. The van der Waals surface area contributed by atoms with Gasteiger partial charge in [0.2, 0.25) is 0 Å². The molecule has 1 heterocycles. The summed E-state index contributed by atoms with van der Waals surface area (Å²) < 4.78 is 5.37. The largest absolute Gasteiger partial charge is 0.443 e. The second-order valence-corrected chi connectivity index (χ2v) is 6.08. The van der Waals surface area contributed by atoms with Gasteiger partial charge in [-0.25, -0.2) is 4.79 Å². The molecule has 0 spiro atoms. The van der Waals surface area contributed by atoms with Crippen LogP contribution in [0.25, 0.3) is 0 Å². The number of aliphatic hydroxyl groups is 1. The number of fused-ring (bicyclic) bond motifs is 1. The van der Waals surface area contributed by atoms with Crippen molar-refractivity contribution >= 4 is 23.4 Å².